The fourth-order valence-corrected chi connectivity index (χ4v) is 3.60. The second-order valence-electron chi connectivity index (χ2n) is 7.28. The first-order chi connectivity index (χ1) is 9.61. The van der Waals surface area contributed by atoms with Gasteiger partial charge in [-0.05, 0) is 23.7 Å². The van der Waals surface area contributed by atoms with Crippen LogP contribution >= 0.6 is 0 Å². The fourth-order valence-electron chi connectivity index (χ4n) is 3.60. The zero-order valence-electron chi connectivity index (χ0n) is 15.4. The smallest absolute Gasteiger partial charge is 0.0391 e. The van der Waals surface area contributed by atoms with Crippen molar-refractivity contribution in [2.45, 2.75) is 106 Å². The third kappa shape index (κ3) is 9.03. The zero-order valence-corrected chi connectivity index (χ0v) is 15.4. The van der Waals surface area contributed by atoms with Crippen molar-refractivity contribution in [3.05, 3.63) is 0 Å². The minimum absolute atomic E-state index is 0.935. The van der Waals surface area contributed by atoms with Gasteiger partial charge in [-0.1, -0.05) is 106 Å². The van der Waals surface area contributed by atoms with Crippen LogP contribution in [0.3, 0.4) is 0 Å². The molecule has 2 fully saturated rings. The van der Waals surface area contributed by atoms with Crippen LogP contribution in [0.25, 0.3) is 0 Å². The molecule has 0 amide bonds. The Kier molecular flexibility index (Phi) is 12.7. The quantitative estimate of drug-likeness (QED) is 0.492. The van der Waals surface area contributed by atoms with Crippen LogP contribution in [0.15, 0.2) is 0 Å². The average molecular weight is 283 g/mol. The molecule has 20 heavy (non-hydrogen) atoms. The topological polar surface area (TPSA) is 0 Å². The lowest BCUT2D eigenvalue weighted by Gasteiger charge is -2.24. The van der Waals surface area contributed by atoms with Crippen molar-refractivity contribution >= 4 is 0 Å². The number of hydrogen-bond donors (Lipinski definition) is 0. The predicted octanol–water partition coefficient (Wildman–Crippen LogP) is 7.47. The molecule has 0 aromatic rings. The van der Waals surface area contributed by atoms with E-state index >= 15 is 0 Å². The van der Waals surface area contributed by atoms with Gasteiger partial charge >= 0.3 is 0 Å². The largest absolute Gasteiger partial charge is 0.0683 e. The number of hydrogen-bond acceptors (Lipinski definition) is 0. The van der Waals surface area contributed by atoms with Gasteiger partial charge in [0.25, 0.3) is 0 Å². The van der Waals surface area contributed by atoms with E-state index in [9.17, 15) is 0 Å². The Morgan fingerprint density at radius 2 is 0.750 bits per heavy atom. The van der Waals surface area contributed by atoms with Crippen molar-refractivity contribution in [3.8, 4) is 0 Å². The maximum atomic E-state index is 2.36. The minimum Gasteiger partial charge on any atom is -0.0683 e. The molecule has 2 rings (SSSR count). The highest BCUT2D eigenvalue weighted by molar-refractivity contribution is 4.68. The van der Waals surface area contributed by atoms with Gasteiger partial charge < -0.3 is 0 Å². The maximum Gasteiger partial charge on any atom is -0.0391 e. The normalized spacial score (nSPS) is 21.0. The standard InChI is InChI=1S/2C9H18.C2H6/c2*1-8(2)9-6-4-3-5-7-9;1-2/h2*8-9H,3-7H2,1-2H3;1-2H3. The summed E-state index contributed by atoms with van der Waals surface area (Å²) in [4.78, 5) is 0. The Balaban J connectivity index is 0.000000321. The summed E-state index contributed by atoms with van der Waals surface area (Å²) < 4.78 is 0. The third-order valence-electron chi connectivity index (χ3n) is 5.19. The molecular weight excluding hydrogens is 240 g/mol. The summed E-state index contributed by atoms with van der Waals surface area (Å²) in [5.41, 5.74) is 0. The third-order valence-corrected chi connectivity index (χ3v) is 5.19. The van der Waals surface area contributed by atoms with Crippen molar-refractivity contribution in [2.75, 3.05) is 0 Å². The van der Waals surface area contributed by atoms with E-state index in [4.69, 9.17) is 0 Å². The average Bonchev–Trinajstić information content (AvgIpc) is 2.51. The van der Waals surface area contributed by atoms with Crippen LogP contribution < -0.4 is 0 Å². The molecule has 0 aliphatic heterocycles. The lowest BCUT2D eigenvalue weighted by atomic mass is 9.82. The Bertz CT molecular complexity index is 158. The highest BCUT2D eigenvalue weighted by Gasteiger charge is 2.16. The van der Waals surface area contributed by atoms with E-state index in [1.807, 2.05) is 13.8 Å². The summed E-state index contributed by atoms with van der Waals surface area (Å²) in [7, 11) is 0. The molecule has 0 bridgehead atoms. The summed E-state index contributed by atoms with van der Waals surface area (Å²) in [6.45, 7) is 13.4. The van der Waals surface area contributed by atoms with E-state index in [1.54, 1.807) is 0 Å². The van der Waals surface area contributed by atoms with Crippen molar-refractivity contribution in [2.24, 2.45) is 23.7 Å². The van der Waals surface area contributed by atoms with Crippen LogP contribution in [-0.4, -0.2) is 0 Å². The van der Waals surface area contributed by atoms with Gasteiger partial charge in [0.2, 0.25) is 0 Å². The first kappa shape index (κ1) is 20.0. The van der Waals surface area contributed by atoms with E-state index in [0.717, 1.165) is 23.7 Å². The number of rotatable bonds is 2. The van der Waals surface area contributed by atoms with Gasteiger partial charge in [0.1, 0.15) is 0 Å². The molecule has 2 aliphatic rings. The lowest BCUT2D eigenvalue weighted by molar-refractivity contribution is 0.279. The van der Waals surface area contributed by atoms with E-state index in [0.29, 0.717) is 0 Å². The first-order valence-electron chi connectivity index (χ1n) is 9.61. The fraction of sp³-hybridized carbons (Fsp3) is 1.00. The maximum absolute atomic E-state index is 2.36. The second-order valence-corrected chi connectivity index (χ2v) is 7.28. The zero-order chi connectivity index (χ0) is 15.4. The van der Waals surface area contributed by atoms with Crippen LogP contribution in [0.2, 0.25) is 0 Å². The summed E-state index contributed by atoms with van der Waals surface area (Å²) in [6, 6.07) is 0. The molecule has 0 nitrogen and oxygen atoms in total. The predicted molar refractivity (Wildman–Crippen MR) is 94.2 cm³/mol. The molecule has 0 saturated heterocycles. The SMILES string of the molecule is CC.CC(C)C1CCCCC1.CC(C)C1CCCCC1. The molecule has 0 N–H and O–H groups in total. The molecule has 122 valence electrons. The molecular formula is C20H42. The van der Waals surface area contributed by atoms with Crippen LogP contribution in [0.1, 0.15) is 106 Å². The van der Waals surface area contributed by atoms with Crippen LogP contribution in [0.4, 0.5) is 0 Å². The van der Waals surface area contributed by atoms with Crippen LogP contribution in [0, 0.1) is 23.7 Å². The van der Waals surface area contributed by atoms with E-state index < -0.39 is 0 Å². The first-order valence-corrected chi connectivity index (χ1v) is 9.61. The molecule has 0 heterocycles. The van der Waals surface area contributed by atoms with Gasteiger partial charge in [0, 0.05) is 0 Å². The monoisotopic (exact) mass is 282 g/mol. The molecule has 2 saturated carbocycles. The Morgan fingerprint density at radius 3 is 0.900 bits per heavy atom. The van der Waals surface area contributed by atoms with Gasteiger partial charge in [-0.3, -0.25) is 0 Å². The van der Waals surface area contributed by atoms with Gasteiger partial charge in [-0.25, -0.2) is 0 Å². The second kappa shape index (κ2) is 12.7. The summed E-state index contributed by atoms with van der Waals surface area (Å²) >= 11 is 0. The van der Waals surface area contributed by atoms with Gasteiger partial charge in [0.15, 0.2) is 0 Å². The highest BCUT2D eigenvalue weighted by atomic mass is 14.2. The van der Waals surface area contributed by atoms with Crippen LogP contribution in [0.5, 0.6) is 0 Å². The lowest BCUT2D eigenvalue weighted by Crippen LogP contribution is -2.12. The molecule has 0 aromatic heterocycles. The summed E-state index contributed by atoms with van der Waals surface area (Å²) in [5, 5.41) is 0. The van der Waals surface area contributed by atoms with Gasteiger partial charge in [-0.15, -0.1) is 0 Å². The van der Waals surface area contributed by atoms with E-state index in [-0.39, 0.29) is 0 Å². The van der Waals surface area contributed by atoms with Crippen molar-refractivity contribution in [1.29, 1.82) is 0 Å². The molecule has 0 radical (unpaired) electrons. The molecule has 0 spiro atoms. The minimum atomic E-state index is 0.935. The van der Waals surface area contributed by atoms with Crippen molar-refractivity contribution in [3.63, 3.8) is 0 Å². The van der Waals surface area contributed by atoms with Crippen molar-refractivity contribution in [1.82, 2.24) is 0 Å². The molecule has 0 atom stereocenters. The molecule has 0 unspecified atom stereocenters. The van der Waals surface area contributed by atoms with Crippen molar-refractivity contribution < 1.29 is 0 Å². The Hall–Kier alpha value is 0. The van der Waals surface area contributed by atoms with E-state index in [2.05, 4.69) is 27.7 Å². The van der Waals surface area contributed by atoms with Gasteiger partial charge in [0.05, 0.1) is 0 Å². The Morgan fingerprint density at radius 1 is 0.500 bits per heavy atom. The molecule has 0 aromatic carbocycles. The van der Waals surface area contributed by atoms with Crippen LogP contribution in [-0.2, 0) is 0 Å². The molecule has 0 heteroatoms. The Labute approximate surface area is 130 Å². The molecule has 2 aliphatic carbocycles. The summed E-state index contributed by atoms with van der Waals surface area (Å²) in [6.07, 6.45) is 14.9. The van der Waals surface area contributed by atoms with E-state index in [1.165, 1.54) is 64.2 Å². The van der Waals surface area contributed by atoms with Gasteiger partial charge in [-0.2, -0.15) is 0 Å². The summed E-state index contributed by atoms with van der Waals surface area (Å²) in [5.74, 6) is 3.98. The highest BCUT2D eigenvalue weighted by Crippen LogP contribution is 2.29.